The maximum atomic E-state index is 6.03. The van der Waals surface area contributed by atoms with Gasteiger partial charge in [-0.25, -0.2) is 4.98 Å². The number of benzene rings is 1. The quantitative estimate of drug-likeness (QED) is 0.615. The van der Waals surface area contributed by atoms with Crippen molar-refractivity contribution in [1.82, 2.24) is 9.38 Å². The molecule has 1 aliphatic carbocycles. The molecule has 0 amide bonds. The highest BCUT2D eigenvalue weighted by atomic mass is 79.9. The molecule has 0 saturated heterocycles. The Hall–Kier alpha value is -1.52. The topological polar surface area (TPSA) is 29.3 Å². The first-order valence-corrected chi connectivity index (χ1v) is 9.08. The highest BCUT2D eigenvalue weighted by molar-refractivity contribution is 9.10. The number of aromatic nitrogens is 2. The molecule has 5 heteroatoms. The molecule has 23 heavy (non-hydrogen) atoms. The molecule has 0 spiro atoms. The molecule has 0 aliphatic heterocycles. The largest absolute Gasteiger partial charge is 0.367 e. The van der Waals surface area contributed by atoms with Crippen LogP contribution < -0.4 is 5.32 Å². The van der Waals surface area contributed by atoms with Crippen LogP contribution in [0, 0.1) is 0 Å². The van der Waals surface area contributed by atoms with Crippen LogP contribution in [0.2, 0.25) is 5.02 Å². The first-order valence-electron chi connectivity index (χ1n) is 7.91. The summed E-state index contributed by atoms with van der Waals surface area (Å²) in [4.78, 5) is 4.83. The Balaban J connectivity index is 1.85. The van der Waals surface area contributed by atoms with Crippen molar-refractivity contribution >= 4 is 39.0 Å². The van der Waals surface area contributed by atoms with Crippen LogP contribution in [0.5, 0.6) is 0 Å². The number of halogens is 2. The minimum atomic E-state index is 0.528. The van der Waals surface area contributed by atoms with E-state index in [0.717, 1.165) is 32.2 Å². The van der Waals surface area contributed by atoms with E-state index in [4.69, 9.17) is 16.6 Å². The Labute approximate surface area is 148 Å². The molecule has 2 aromatic heterocycles. The summed E-state index contributed by atoms with van der Waals surface area (Å²) in [6.45, 7) is 0. The lowest BCUT2D eigenvalue weighted by Gasteiger charge is -2.15. The number of imidazole rings is 1. The Morgan fingerprint density at radius 2 is 1.83 bits per heavy atom. The van der Waals surface area contributed by atoms with Gasteiger partial charge < -0.3 is 5.32 Å². The van der Waals surface area contributed by atoms with Crippen molar-refractivity contribution in [3.63, 3.8) is 0 Å². The van der Waals surface area contributed by atoms with Crippen molar-refractivity contribution in [2.24, 2.45) is 0 Å². The van der Waals surface area contributed by atoms with Gasteiger partial charge in [-0.2, -0.15) is 0 Å². The van der Waals surface area contributed by atoms with E-state index in [2.05, 4.69) is 31.8 Å². The maximum absolute atomic E-state index is 6.03. The number of hydrogen-bond donors (Lipinski definition) is 1. The van der Waals surface area contributed by atoms with E-state index in [1.165, 1.54) is 25.7 Å². The standard InChI is InChI=1S/C18H17BrClN3/c19-13-7-10-16-22-17(12-5-8-14(20)9-6-12)18(23(16)11-13)21-15-3-1-2-4-15/h5-11,15,21H,1-4H2. The number of rotatable bonds is 3. The summed E-state index contributed by atoms with van der Waals surface area (Å²) in [7, 11) is 0. The molecule has 1 aliphatic rings. The van der Waals surface area contributed by atoms with Gasteiger partial charge in [0, 0.05) is 27.3 Å². The van der Waals surface area contributed by atoms with Gasteiger partial charge in [-0.3, -0.25) is 4.40 Å². The first-order chi connectivity index (χ1) is 11.2. The fourth-order valence-electron chi connectivity index (χ4n) is 3.23. The minimum Gasteiger partial charge on any atom is -0.367 e. The van der Waals surface area contributed by atoms with Crippen LogP contribution in [0.25, 0.3) is 16.9 Å². The zero-order valence-corrected chi connectivity index (χ0v) is 14.9. The third kappa shape index (κ3) is 2.98. The van der Waals surface area contributed by atoms with E-state index in [0.29, 0.717) is 6.04 Å². The molecule has 1 saturated carbocycles. The van der Waals surface area contributed by atoms with Crippen LogP contribution in [0.1, 0.15) is 25.7 Å². The van der Waals surface area contributed by atoms with Crippen LogP contribution in [-0.2, 0) is 0 Å². The number of fused-ring (bicyclic) bond motifs is 1. The van der Waals surface area contributed by atoms with Crippen molar-refractivity contribution in [3.8, 4) is 11.3 Å². The summed E-state index contributed by atoms with van der Waals surface area (Å²) in [6.07, 6.45) is 7.12. The summed E-state index contributed by atoms with van der Waals surface area (Å²) in [6, 6.07) is 12.5. The monoisotopic (exact) mass is 389 g/mol. The predicted octanol–water partition coefficient (Wildman–Crippen LogP) is 5.77. The van der Waals surface area contributed by atoms with Crippen molar-refractivity contribution in [2.45, 2.75) is 31.7 Å². The van der Waals surface area contributed by atoms with Gasteiger partial charge in [-0.05, 0) is 53.0 Å². The molecular weight excluding hydrogens is 374 g/mol. The minimum absolute atomic E-state index is 0.528. The lowest BCUT2D eigenvalue weighted by Crippen LogP contribution is -2.16. The van der Waals surface area contributed by atoms with Crippen LogP contribution in [0.15, 0.2) is 47.1 Å². The zero-order chi connectivity index (χ0) is 15.8. The van der Waals surface area contributed by atoms with Crippen LogP contribution >= 0.6 is 27.5 Å². The van der Waals surface area contributed by atoms with Crippen LogP contribution in [0.4, 0.5) is 5.82 Å². The first kappa shape index (κ1) is 15.0. The molecule has 1 N–H and O–H groups in total. The van der Waals surface area contributed by atoms with E-state index in [1.807, 2.05) is 36.4 Å². The predicted molar refractivity (Wildman–Crippen MR) is 99.2 cm³/mol. The Morgan fingerprint density at radius 3 is 2.57 bits per heavy atom. The number of nitrogens with one attached hydrogen (secondary N) is 1. The molecule has 4 rings (SSSR count). The highest BCUT2D eigenvalue weighted by Gasteiger charge is 2.20. The second-order valence-corrected chi connectivity index (χ2v) is 7.37. The molecule has 0 atom stereocenters. The molecule has 0 radical (unpaired) electrons. The molecule has 1 fully saturated rings. The number of hydrogen-bond acceptors (Lipinski definition) is 2. The van der Waals surface area contributed by atoms with Crippen LogP contribution in [0.3, 0.4) is 0 Å². The maximum Gasteiger partial charge on any atom is 0.139 e. The van der Waals surface area contributed by atoms with Crippen molar-refractivity contribution in [2.75, 3.05) is 5.32 Å². The molecule has 1 aromatic carbocycles. The van der Waals surface area contributed by atoms with Gasteiger partial charge in [0.1, 0.15) is 17.2 Å². The lowest BCUT2D eigenvalue weighted by atomic mass is 10.1. The average molecular weight is 391 g/mol. The molecule has 2 heterocycles. The number of anilines is 1. The van der Waals surface area contributed by atoms with Gasteiger partial charge in [0.25, 0.3) is 0 Å². The van der Waals surface area contributed by atoms with E-state index < -0.39 is 0 Å². The molecule has 3 nitrogen and oxygen atoms in total. The van der Waals surface area contributed by atoms with Crippen molar-refractivity contribution in [1.29, 1.82) is 0 Å². The number of nitrogens with zero attached hydrogens (tertiary/aromatic N) is 2. The third-order valence-corrected chi connectivity index (χ3v) is 5.12. The number of pyridine rings is 1. The second-order valence-electron chi connectivity index (χ2n) is 6.02. The highest BCUT2D eigenvalue weighted by Crippen LogP contribution is 2.33. The third-order valence-electron chi connectivity index (χ3n) is 4.40. The molecular formula is C18H17BrClN3. The van der Waals surface area contributed by atoms with Gasteiger partial charge >= 0.3 is 0 Å². The van der Waals surface area contributed by atoms with Gasteiger partial charge in [-0.15, -0.1) is 0 Å². The van der Waals surface area contributed by atoms with E-state index in [-0.39, 0.29) is 0 Å². The van der Waals surface area contributed by atoms with E-state index in [1.54, 1.807) is 0 Å². The Kier molecular flexibility index (Phi) is 4.04. The Bertz CT molecular complexity index is 835. The van der Waals surface area contributed by atoms with E-state index >= 15 is 0 Å². The summed E-state index contributed by atoms with van der Waals surface area (Å²) < 4.78 is 3.17. The van der Waals surface area contributed by atoms with Gasteiger partial charge in [0.15, 0.2) is 0 Å². The Morgan fingerprint density at radius 1 is 1.09 bits per heavy atom. The average Bonchev–Trinajstić information content (AvgIpc) is 3.17. The molecule has 0 unspecified atom stereocenters. The fraction of sp³-hybridized carbons (Fsp3) is 0.278. The second kappa shape index (κ2) is 6.17. The summed E-state index contributed by atoms with van der Waals surface area (Å²) in [5, 5.41) is 4.46. The lowest BCUT2D eigenvalue weighted by molar-refractivity contribution is 0.749. The summed E-state index contributed by atoms with van der Waals surface area (Å²) >= 11 is 9.59. The van der Waals surface area contributed by atoms with Crippen molar-refractivity contribution < 1.29 is 0 Å². The summed E-state index contributed by atoms with van der Waals surface area (Å²) in [5.74, 6) is 1.07. The fourth-order valence-corrected chi connectivity index (χ4v) is 3.69. The van der Waals surface area contributed by atoms with Gasteiger partial charge in [0.05, 0.1) is 0 Å². The SMILES string of the molecule is Clc1ccc(-c2nc3ccc(Br)cn3c2NC2CCCC2)cc1. The summed E-state index contributed by atoms with van der Waals surface area (Å²) in [5.41, 5.74) is 3.00. The zero-order valence-electron chi connectivity index (χ0n) is 12.6. The van der Waals surface area contributed by atoms with Crippen molar-refractivity contribution in [3.05, 3.63) is 52.1 Å². The van der Waals surface area contributed by atoms with Crippen LogP contribution in [-0.4, -0.2) is 15.4 Å². The molecule has 3 aromatic rings. The van der Waals surface area contributed by atoms with E-state index in [9.17, 15) is 0 Å². The molecule has 118 valence electrons. The van der Waals surface area contributed by atoms with Gasteiger partial charge in [0.2, 0.25) is 0 Å². The smallest absolute Gasteiger partial charge is 0.139 e. The normalized spacial score (nSPS) is 15.4. The molecule has 0 bridgehead atoms. The van der Waals surface area contributed by atoms with Gasteiger partial charge in [-0.1, -0.05) is 36.6 Å².